The maximum absolute atomic E-state index is 13.2. The molecule has 3 aromatic rings. The number of alkyl halides is 3. The summed E-state index contributed by atoms with van der Waals surface area (Å²) in [4.78, 5) is 26.0. The van der Waals surface area contributed by atoms with Gasteiger partial charge in [-0.3, -0.25) is 4.79 Å². The number of nitrogens with one attached hydrogen (secondary N) is 3. The smallest absolute Gasteiger partial charge is 0.350 e. The molecular formula is C20H21F3N6O. The van der Waals surface area contributed by atoms with E-state index in [0.29, 0.717) is 17.0 Å². The Balaban J connectivity index is 1.76. The number of aryl methyl sites for hydroxylation is 1. The molecule has 0 spiro atoms. The predicted molar refractivity (Wildman–Crippen MR) is 109 cm³/mol. The number of aromatic nitrogens is 3. The summed E-state index contributed by atoms with van der Waals surface area (Å²) >= 11 is 0. The number of rotatable bonds is 4. The Hall–Kier alpha value is -3.14. The predicted octanol–water partition coefficient (Wildman–Crippen LogP) is 3.50. The van der Waals surface area contributed by atoms with Crippen LogP contribution in [0.25, 0.3) is 10.9 Å². The normalized spacial score (nSPS) is 17.4. The number of benzene rings is 1. The molecule has 0 saturated carbocycles. The number of fused-ring (bicyclic) bond motifs is 1. The molecule has 0 bridgehead atoms. The molecule has 7 nitrogen and oxygen atoms in total. The fourth-order valence-corrected chi connectivity index (χ4v) is 3.64. The molecule has 3 heterocycles. The lowest BCUT2D eigenvalue weighted by Crippen LogP contribution is -2.25. The van der Waals surface area contributed by atoms with Crippen molar-refractivity contribution in [1.82, 2.24) is 19.9 Å². The molecule has 1 saturated heterocycles. The summed E-state index contributed by atoms with van der Waals surface area (Å²) in [5.74, 6) is 0.467. The van der Waals surface area contributed by atoms with Crippen LogP contribution in [0.15, 0.2) is 35.3 Å². The maximum Gasteiger partial charge on any atom is 0.416 e. The lowest BCUT2D eigenvalue weighted by Gasteiger charge is -2.16. The Morgan fingerprint density at radius 2 is 2.03 bits per heavy atom. The molecule has 158 valence electrons. The summed E-state index contributed by atoms with van der Waals surface area (Å²) in [6.45, 7) is 3.35. The Morgan fingerprint density at radius 1 is 1.23 bits per heavy atom. The lowest BCUT2D eigenvalue weighted by molar-refractivity contribution is -0.137. The van der Waals surface area contributed by atoms with E-state index < -0.39 is 17.3 Å². The summed E-state index contributed by atoms with van der Waals surface area (Å²) < 4.78 is 39.6. The van der Waals surface area contributed by atoms with Crippen molar-refractivity contribution in [2.24, 2.45) is 0 Å². The maximum atomic E-state index is 13.2. The first-order valence-electron chi connectivity index (χ1n) is 9.49. The molecule has 1 atom stereocenters. The minimum Gasteiger partial charge on any atom is -0.350 e. The summed E-state index contributed by atoms with van der Waals surface area (Å²) in [5.41, 5.74) is -0.173. The average molecular weight is 418 g/mol. The van der Waals surface area contributed by atoms with Crippen LogP contribution in [0, 0.1) is 6.92 Å². The van der Waals surface area contributed by atoms with Gasteiger partial charge in [-0.1, -0.05) is 0 Å². The number of anilines is 3. The van der Waals surface area contributed by atoms with Crippen LogP contribution in [-0.4, -0.2) is 46.0 Å². The van der Waals surface area contributed by atoms with Crippen molar-refractivity contribution >= 4 is 28.4 Å². The zero-order valence-electron chi connectivity index (χ0n) is 16.5. The van der Waals surface area contributed by atoms with Crippen molar-refractivity contribution in [1.29, 1.82) is 0 Å². The Bertz CT molecular complexity index is 1140. The third-order valence-corrected chi connectivity index (χ3v) is 5.01. The third-order valence-electron chi connectivity index (χ3n) is 5.01. The number of aromatic amines is 1. The minimum absolute atomic E-state index is 0.148. The van der Waals surface area contributed by atoms with E-state index in [2.05, 4.69) is 30.5 Å². The first-order chi connectivity index (χ1) is 14.2. The molecule has 1 fully saturated rings. The quantitative estimate of drug-likeness (QED) is 0.601. The summed E-state index contributed by atoms with van der Waals surface area (Å²) in [5, 5.41) is 6.34. The van der Waals surface area contributed by atoms with Gasteiger partial charge in [0.2, 0.25) is 5.95 Å². The first-order valence-corrected chi connectivity index (χ1v) is 9.49. The number of hydrogen-bond acceptors (Lipinski definition) is 6. The van der Waals surface area contributed by atoms with Crippen LogP contribution in [0.2, 0.25) is 0 Å². The van der Waals surface area contributed by atoms with Crippen LogP contribution in [0.1, 0.15) is 17.5 Å². The second kappa shape index (κ2) is 7.60. The van der Waals surface area contributed by atoms with Crippen LogP contribution in [-0.2, 0) is 6.18 Å². The molecule has 3 N–H and O–H groups in total. The highest BCUT2D eigenvalue weighted by molar-refractivity contribution is 5.91. The van der Waals surface area contributed by atoms with E-state index in [9.17, 15) is 18.0 Å². The van der Waals surface area contributed by atoms with Crippen molar-refractivity contribution < 1.29 is 13.2 Å². The first kappa shape index (κ1) is 20.1. The van der Waals surface area contributed by atoms with E-state index in [-0.39, 0.29) is 22.9 Å². The van der Waals surface area contributed by atoms with E-state index in [1.807, 2.05) is 7.05 Å². The van der Waals surface area contributed by atoms with Gasteiger partial charge in [-0.05, 0) is 56.8 Å². The third kappa shape index (κ3) is 4.23. The molecule has 10 heteroatoms. The molecule has 1 aliphatic rings. The number of H-pyrrole nitrogens is 1. The number of hydrogen-bond donors (Lipinski definition) is 3. The van der Waals surface area contributed by atoms with Gasteiger partial charge < -0.3 is 20.5 Å². The summed E-state index contributed by atoms with van der Waals surface area (Å²) in [6, 6.07) is 5.42. The molecule has 0 unspecified atom stereocenters. The van der Waals surface area contributed by atoms with Gasteiger partial charge in [0.15, 0.2) is 0 Å². The second-order valence-corrected chi connectivity index (χ2v) is 7.57. The van der Waals surface area contributed by atoms with Crippen molar-refractivity contribution in [3.8, 4) is 0 Å². The van der Waals surface area contributed by atoms with Gasteiger partial charge in [0.05, 0.1) is 11.1 Å². The van der Waals surface area contributed by atoms with Gasteiger partial charge in [0.1, 0.15) is 11.2 Å². The van der Waals surface area contributed by atoms with Crippen LogP contribution >= 0.6 is 0 Å². The molecule has 0 amide bonds. The zero-order chi connectivity index (χ0) is 21.5. The SMILES string of the molecule is Cc1cc(Nc2nc(N[C@H]3CCN(C)C3)nc3cc[nH]c(=O)c23)cc(C(F)(F)F)c1. The van der Waals surface area contributed by atoms with Crippen molar-refractivity contribution in [3.63, 3.8) is 0 Å². The molecule has 0 aliphatic carbocycles. The molecule has 0 radical (unpaired) electrons. The fourth-order valence-electron chi connectivity index (χ4n) is 3.64. The molecular weight excluding hydrogens is 397 g/mol. The molecule has 2 aromatic heterocycles. The topological polar surface area (TPSA) is 85.9 Å². The molecule has 4 rings (SSSR count). The Labute approximate surface area is 170 Å². The second-order valence-electron chi connectivity index (χ2n) is 7.57. The zero-order valence-corrected chi connectivity index (χ0v) is 16.5. The van der Waals surface area contributed by atoms with Crippen LogP contribution in [0.4, 0.5) is 30.6 Å². The van der Waals surface area contributed by atoms with Gasteiger partial charge in [0.25, 0.3) is 5.56 Å². The van der Waals surface area contributed by atoms with Crippen molar-refractivity contribution in [2.75, 3.05) is 30.8 Å². The Morgan fingerprint density at radius 3 is 2.73 bits per heavy atom. The van der Waals surface area contributed by atoms with Gasteiger partial charge in [0, 0.05) is 24.5 Å². The highest BCUT2D eigenvalue weighted by Crippen LogP contribution is 2.33. The van der Waals surface area contributed by atoms with Gasteiger partial charge in [-0.2, -0.15) is 18.2 Å². The largest absolute Gasteiger partial charge is 0.416 e. The van der Waals surface area contributed by atoms with Gasteiger partial charge >= 0.3 is 6.18 Å². The van der Waals surface area contributed by atoms with Crippen LogP contribution in [0.3, 0.4) is 0 Å². The van der Waals surface area contributed by atoms with Crippen LogP contribution < -0.4 is 16.2 Å². The number of halogens is 3. The lowest BCUT2D eigenvalue weighted by atomic mass is 10.1. The molecule has 1 aromatic carbocycles. The molecule has 30 heavy (non-hydrogen) atoms. The van der Waals surface area contributed by atoms with E-state index >= 15 is 0 Å². The van der Waals surface area contributed by atoms with Crippen molar-refractivity contribution in [3.05, 3.63) is 51.9 Å². The van der Waals surface area contributed by atoms with E-state index in [4.69, 9.17) is 0 Å². The monoisotopic (exact) mass is 418 g/mol. The number of likely N-dealkylation sites (tertiary alicyclic amines) is 1. The number of likely N-dealkylation sites (N-methyl/N-ethyl adjacent to an activating group) is 1. The van der Waals surface area contributed by atoms with E-state index in [1.165, 1.54) is 6.20 Å². The fraction of sp³-hybridized carbons (Fsp3) is 0.350. The Kier molecular flexibility index (Phi) is 5.10. The number of pyridine rings is 1. The molecule has 1 aliphatic heterocycles. The van der Waals surface area contributed by atoms with Crippen LogP contribution in [0.5, 0.6) is 0 Å². The average Bonchev–Trinajstić information content (AvgIpc) is 3.05. The van der Waals surface area contributed by atoms with E-state index in [1.54, 1.807) is 19.1 Å². The van der Waals surface area contributed by atoms with Gasteiger partial charge in [-0.15, -0.1) is 0 Å². The summed E-state index contributed by atoms with van der Waals surface area (Å²) in [6.07, 6.45) is -2.08. The number of nitrogens with zero attached hydrogens (tertiary/aromatic N) is 3. The highest BCUT2D eigenvalue weighted by Gasteiger charge is 2.31. The minimum atomic E-state index is -4.48. The van der Waals surface area contributed by atoms with Crippen molar-refractivity contribution in [2.45, 2.75) is 25.6 Å². The van der Waals surface area contributed by atoms with E-state index in [0.717, 1.165) is 31.6 Å². The van der Waals surface area contributed by atoms with Gasteiger partial charge in [-0.25, -0.2) is 4.98 Å². The highest BCUT2D eigenvalue weighted by atomic mass is 19.4. The summed E-state index contributed by atoms with van der Waals surface area (Å²) in [7, 11) is 2.02. The standard InChI is InChI=1S/C20H21F3N6O/c1-11-7-12(20(21,22)23)9-14(8-11)25-17-16-15(3-5-24-18(16)30)27-19(28-17)26-13-4-6-29(2)10-13/h3,5,7-9,13H,4,6,10H2,1-2H3,(H,24,30)(H2,25,26,27,28)/t13-/m0/s1.